The zero-order chi connectivity index (χ0) is 10.4. The van der Waals surface area contributed by atoms with E-state index in [1.165, 1.54) is 6.08 Å². The van der Waals surface area contributed by atoms with Crippen molar-refractivity contribution in [1.29, 1.82) is 0 Å². The number of alkyl halides is 2. The van der Waals surface area contributed by atoms with Crippen LogP contribution in [0.3, 0.4) is 0 Å². The Morgan fingerprint density at radius 1 is 1.38 bits per heavy atom. The third-order valence-electron chi connectivity index (χ3n) is 1.55. The van der Waals surface area contributed by atoms with E-state index in [0.717, 1.165) is 0 Å². The lowest BCUT2D eigenvalue weighted by atomic mass is 10.1. The summed E-state index contributed by atoms with van der Waals surface area (Å²) in [5.41, 5.74) is 0.275. The first-order chi connectivity index (χ1) is 6.02. The van der Waals surface area contributed by atoms with Crippen LogP contribution >= 0.6 is 0 Å². The maximum atomic E-state index is 12.2. The van der Waals surface area contributed by atoms with Gasteiger partial charge in [0, 0.05) is 12.8 Å². The minimum Gasteiger partial charge on any atom is -0.293 e. The number of aliphatic imine (C=N–C) groups is 2. The van der Waals surface area contributed by atoms with Crippen molar-refractivity contribution in [2.24, 2.45) is 15.9 Å². The molecular weight excluding hydrogens is 174 g/mol. The van der Waals surface area contributed by atoms with Crippen LogP contribution in [0, 0.1) is 5.92 Å². The molecule has 0 aliphatic heterocycles. The number of hydrogen-bond acceptors (Lipinski definition) is 2. The maximum absolute atomic E-state index is 12.2. The fourth-order valence-corrected chi connectivity index (χ4v) is 0.819. The number of allylic oxidation sites excluding steroid dienone is 2. The minimum absolute atomic E-state index is 0.112. The number of nitrogens with zero attached hydrogens (tertiary/aromatic N) is 2. The lowest BCUT2D eigenvalue weighted by Crippen LogP contribution is -2.07. The van der Waals surface area contributed by atoms with Crippen LogP contribution in [0.25, 0.3) is 0 Å². The van der Waals surface area contributed by atoms with Gasteiger partial charge in [-0.15, -0.1) is 0 Å². The van der Waals surface area contributed by atoms with Gasteiger partial charge in [-0.2, -0.15) is 0 Å². The van der Waals surface area contributed by atoms with Crippen LogP contribution in [0.15, 0.2) is 21.8 Å². The summed E-state index contributed by atoms with van der Waals surface area (Å²) in [4.78, 5) is 7.11. The quantitative estimate of drug-likeness (QED) is 0.606. The van der Waals surface area contributed by atoms with Crippen molar-refractivity contribution in [2.75, 3.05) is 7.05 Å². The minimum atomic E-state index is -2.59. The van der Waals surface area contributed by atoms with Gasteiger partial charge in [-0.05, 0) is 18.7 Å². The van der Waals surface area contributed by atoms with Gasteiger partial charge >= 0.3 is 0 Å². The van der Waals surface area contributed by atoms with Crippen molar-refractivity contribution in [2.45, 2.75) is 20.3 Å². The molecule has 0 radical (unpaired) electrons. The first-order valence-electron chi connectivity index (χ1n) is 3.96. The molecule has 0 N–H and O–H groups in total. The standard InChI is InChI=1S/C9H14F2N2/c1-6(2)7(12-3)5-8(13-4)9(10)11/h5-6,9H,4H2,1-3H3/b8-5-,12-7+. The SMILES string of the molecule is C=N/C(=C\C(=N/C)C(C)C)C(F)F. The zero-order valence-corrected chi connectivity index (χ0v) is 8.09. The second-order valence-electron chi connectivity index (χ2n) is 2.83. The predicted octanol–water partition coefficient (Wildman–Crippen LogP) is 2.56. The van der Waals surface area contributed by atoms with Gasteiger partial charge in [-0.3, -0.25) is 9.98 Å². The molecular formula is C9H14F2N2. The molecule has 4 heteroatoms. The highest BCUT2D eigenvalue weighted by Crippen LogP contribution is 2.11. The molecule has 0 aliphatic carbocycles. The first-order valence-corrected chi connectivity index (χ1v) is 3.96. The molecule has 0 atom stereocenters. The molecule has 0 aliphatic rings. The fourth-order valence-electron chi connectivity index (χ4n) is 0.819. The molecule has 0 saturated heterocycles. The molecule has 0 unspecified atom stereocenters. The van der Waals surface area contributed by atoms with Crippen molar-refractivity contribution in [3.05, 3.63) is 11.8 Å². The number of halogens is 2. The van der Waals surface area contributed by atoms with E-state index in [4.69, 9.17) is 0 Å². The molecule has 0 aromatic heterocycles. The van der Waals surface area contributed by atoms with E-state index in [9.17, 15) is 8.78 Å². The van der Waals surface area contributed by atoms with Gasteiger partial charge < -0.3 is 0 Å². The molecule has 0 bridgehead atoms. The van der Waals surface area contributed by atoms with Crippen LogP contribution < -0.4 is 0 Å². The van der Waals surface area contributed by atoms with Crippen molar-refractivity contribution < 1.29 is 8.78 Å². The third kappa shape index (κ3) is 3.92. The summed E-state index contributed by atoms with van der Waals surface area (Å²) in [6, 6.07) is 0. The molecule has 0 rings (SSSR count). The van der Waals surface area contributed by atoms with Crippen molar-refractivity contribution >= 4 is 12.4 Å². The van der Waals surface area contributed by atoms with Crippen LogP contribution in [0.5, 0.6) is 0 Å². The van der Waals surface area contributed by atoms with E-state index in [2.05, 4.69) is 16.7 Å². The van der Waals surface area contributed by atoms with Gasteiger partial charge in [-0.25, -0.2) is 8.78 Å². The van der Waals surface area contributed by atoms with E-state index in [1.54, 1.807) is 7.05 Å². The Morgan fingerprint density at radius 3 is 2.15 bits per heavy atom. The summed E-state index contributed by atoms with van der Waals surface area (Å²) in [5.74, 6) is 0.112. The monoisotopic (exact) mass is 188 g/mol. The predicted molar refractivity (Wildman–Crippen MR) is 51.8 cm³/mol. The van der Waals surface area contributed by atoms with Crippen LogP contribution in [0.1, 0.15) is 13.8 Å². The normalized spacial score (nSPS) is 14.1. The van der Waals surface area contributed by atoms with Crippen LogP contribution in [-0.4, -0.2) is 25.9 Å². The molecule has 0 aromatic rings. The fraction of sp³-hybridized carbons (Fsp3) is 0.556. The molecule has 0 fully saturated rings. The average Bonchev–Trinajstić information content (AvgIpc) is 2.05. The molecule has 13 heavy (non-hydrogen) atoms. The Bertz CT molecular complexity index is 230. The summed E-state index contributed by atoms with van der Waals surface area (Å²) in [6.45, 7) is 6.84. The Labute approximate surface area is 77.1 Å². The highest BCUT2D eigenvalue weighted by atomic mass is 19.3. The largest absolute Gasteiger partial charge is 0.293 e. The highest BCUT2D eigenvalue weighted by molar-refractivity contribution is 5.96. The van der Waals surface area contributed by atoms with Crippen molar-refractivity contribution in [3.8, 4) is 0 Å². The molecule has 2 nitrogen and oxygen atoms in total. The van der Waals surface area contributed by atoms with E-state index >= 15 is 0 Å². The summed E-state index contributed by atoms with van der Waals surface area (Å²) in [6.07, 6.45) is -1.31. The second kappa shape index (κ2) is 5.56. The molecule has 0 spiro atoms. The first kappa shape index (κ1) is 11.9. The van der Waals surface area contributed by atoms with Crippen LogP contribution in [0.2, 0.25) is 0 Å². The topological polar surface area (TPSA) is 24.7 Å². The van der Waals surface area contributed by atoms with Gasteiger partial charge in [0.15, 0.2) is 0 Å². The van der Waals surface area contributed by atoms with Crippen LogP contribution in [-0.2, 0) is 0 Å². The second-order valence-corrected chi connectivity index (χ2v) is 2.83. The summed E-state index contributed by atoms with van der Waals surface area (Å²) < 4.78 is 24.4. The zero-order valence-electron chi connectivity index (χ0n) is 8.09. The van der Waals surface area contributed by atoms with Gasteiger partial charge in [0.2, 0.25) is 0 Å². The maximum Gasteiger partial charge on any atom is 0.280 e. The van der Waals surface area contributed by atoms with Gasteiger partial charge in [0.25, 0.3) is 6.43 Å². The van der Waals surface area contributed by atoms with E-state index in [0.29, 0.717) is 5.71 Å². The third-order valence-corrected chi connectivity index (χ3v) is 1.55. The van der Waals surface area contributed by atoms with E-state index in [-0.39, 0.29) is 11.6 Å². The summed E-state index contributed by atoms with van der Waals surface area (Å²) >= 11 is 0. The van der Waals surface area contributed by atoms with Gasteiger partial charge in [0.05, 0.1) is 0 Å². The number of rotatable bonds is 4. The lowest BCUT2D eigenvalue weighted by Gasteiger charge is -2.05. The Hall–Kier alpha value is -1.06. The number of hydrogen-bond donors (Lipinski definition) is 0. The molecule has 0 aromatic carbocycles. The molecule has 74 valence electrons. The summed E-state index contributed by atoms with van der Waals surface area (Å²) in [5, 5.41) is 0. The lowest BCUT2D eigenvalue weighted by molar-refractivity contribution is 0.188. The van der Waals surface area contributed by atoms with Gasteiger partial charge in [0.1, 0.15) is 5.70 Å². The van der Waals surface area contributed by atoms with E-state index in [1.807, 2.05) is 13.8 Å². The molecule has 0 amide bonds. The smallest absolute Gasteiger partial charge is 0.280 e. The Kier molecular flexibility index (Phi) is 5.11. The Balaban J connectivity index is 4.76. The molecule has 0 heterocycles. The van der Waals surface area contributed by atoms with Crippen molar-refractivity contribution in [1.82, 2.24) is 0 Å². The van der Waals surface area contributed by atoms with E-state index < -0.39 is 6.43 Å². The molecule has 0 saturated carbocycles. The van der Waals surface area contributed by atoms with Crippen LogP contribution in [0.4, 0.5) is 8.78 Å². The highest BCUT2D eigenvalue weighted by Gasteiger charge is 2.11. The Morgan fingerprint density at radius 2 is 1.92 bits per heavy atom. The van der Waals surface area contributed by atoms with Crippen molar-refractivity contribution in [3.63, 3.8) is 0 Å². The summed E-state index contributed by atoms with van der Waals surface area (Å²) in [7, 11) is 1.57. The average molecular weight is 188 g/mol. The van der Waals surface area contributed by atoms with Gasteiger partial charge in [-0.1, -0.05) is 13.8 Å².